The molecular formula is C21H29N5O4. The van der Waals surface area contributed by atoms with E-state index in [4.69, 9.17) is 0 Å². The highest BCUT2D eigenvalue weighted by Gasteiger charge is 2.29. The molecule has 0 aromatic carbocycles. The lowest BCUT2D eigenvalue weighted by Crippen LogP contribution is -2.36. The van der Waals surface area contributed by atoms with Crippen molar-refractivity contribution in [1.29, 1.82) is 0 Å². The summed E-state index contributed by atoms with van der Waals surface area (Å²) in [4.78, 5) is 38.1. The number of hydrogen-bond acceptors (Lipinski definition) is 5. The van der Waals surface area contributed by atoms with Crippen LogP contribution >= 0.6 is 0 Å². The minimum absolute atomic E-state index is 0.0135. The summed E-state index contributed by atoms with van der Waals surface area (Å²) < 4.78 is 2.63. The Morgan fingerprint density at radius 2 is 1.97 bits per heavy atom. The molecule has 1 aliphatic rings. The molecule has 2 heterocycles. The summed E-state index contributed by atoms with van der Waals surface area (Å²) in [5, 5.41) is 20.4. The number of nitrogens with zero attached hydrogens (tertiary/aromatic N) is 3. The molecule has 0 atom stereocenters. The number of rotatable bonds is 7. The number of amides is 2. The molecule has 2 aromatic heterocycles. The Hall–Kier alpha value is -3.10. The third-order valence-corrected chi connectivity index (χ3v) is 4.75. The second kappa shape index (κ2) is 8.33. The second-order valence-corrected chi connectivity index (χ2v) is 8.55. The molecule has 2 amide bonds. The van der Waals surface area contributed by atoms with E-state index in [0.29, 0.717) is 23.3 Å². The van der Waals surface area contributed by atoms with Crippen LogP contribution in [-0.4, -0.2) is 43.2 Å². The predicted octanol–water partition coefficient (Wildman–Crippen LogP) is 1.68. The summed E-state index contributed by atoms with van der Waals surface area (Å²) >= 11 is 0. The van der Waals surface area contributed by atoms with E-state index < -0.39 is 17.3 Å². The maximum Gasteiger partial charge on any atom is 0.270 e. The van der Waals surface area contributed by atoms with Crippen LogP contribution in [0.3, 0.4) is 0 Å². The normalized spacial score (nSPS) is 14.6. The van der Waals surface area contributed by atoms with Gasteiger partial charge >= 0.3 is 0 Å². The van der Waals surface area contributed by atoms with Gasteiger partial charge in [0, 0.05) is 29.8 Å². The Labute approximate surface area is 174 Å². The lowest BCUT2D eigenvalue weighted by Gasteiger charge is -2.15. The van der Waals surface area contributed by atoms with Gasteiger partial charge in [-0.05, 0) is 45.6 Å². The molecule has 1 saturated carbocycles. The fraction of sp³-hybridized carbons (Fsp3) is 0.524. The van der Waals surface area contributed by atoms with E-state index in [1.807, 2.05) is 27.7 Å². The molecule has 9 heteroatoms. The maximum atomic E-state index is 13.2. The summed E-state index contributed by atoms with van der Waals surface area (Å²) in [7, 11) is 0. The van der Waals surface area contributed by atoms with E-state index >= 15 is 0 Å². The summed E-state index contributed by atoms with van der Waals surface area (Å²) in [6, 6.07) is 0.0317. The first kappa shape index (κ1) is 21.6. The molecule has 0 saturated heterocycles. The van der Waals surface area contributed by atoms with Crippen molar-refractivity contribution in [2.45, 2.75) is 66.1 Å². The molecule has 3 N–H and O–H groups in total. The number of aromatic hydroxyl groups is 1. The van der Waals surface area contributed by atoms with E-state index in [1.54, 1.807) is 13.0 Å². The van der Waals surface area contributed by atoms with Crippen LogP contribution in [0.5, 0.6) is 5.88 Å². The van der Waals surface area contributed by atoms with E-state index in [0.717, 1.165) is 12.8 Å². The van der Waals surface area contributed by atoms with Crippen molar-refractivity contribution >= 4 is 23.5 Å². The second-order valence-electron chi connectivity index (χ2n) is 8.55. The first-order valence-electron chi connectivity index (χ1n) is 10.2. The molecular weight excluding hydrogens is 386 g/mol. The maximum absolute atomic E-state index is 13.2. The fourth-order valence-electron chi connectivity index (χ4n) is 3.21. The minimum Gasteiger partial charge on any atom is -0.492 e. The zero-order chi connectivity index (χ0) is 22.2. The molecule has 0 bridgehead atoms. The van der Waals surface area contributed by atoms with Crippen molar-refractivity contribution < 1.29 is 14.7 Å². The van der Waals surface area contributed by atoms with Gasteiger partial charge in [-0.1, -0.05) is 13.8 Å². The van der Waals surface area contributed by atoms with Crippen molar-refractivity contribution in [2.24, 2.45) is 5.92 Å². The van der Waals surface area contributed by atoms with Crippen molar-refractivity contribution in [2.75, 3.05) is 0 Å². The lowest BCUT2D eigenvalue weighted by atomic mass is 10.1. The Kier molecular flexibility index (Phi) is 6.00. The largest absolute Gasteiger partial charge is 0.492 e. The van der Waals surface area contributed by atoms with Crippen LogP contribution in [0.4, 0.5) is 0 Å². The summed E-state index contributed by atoms with van der Waals surface area (Å²) in [6.07, 6.45) is 4.83. The van der Waals surface area contributed by atoms with Gasteiger partial charge in [-0.2, -0.15) is 9.61 Å². The van der Waals surface area contributed by atoms with Crippen LogP contribution in [0.2, 0.25) is 0 Å². The molecule has 0 unspecified atom stereocenters. The molecule has 1 aliphatic carbocycles. The highest BCUT2D eigenvalue weighted by atomic mass is 16.3. The average molecular weight is 415 g/mol. The van der Waals surface area contributed by atoms with E-state index in [-0.39, 0.29) is 29.5 Å². The van der Waals surface area contributed by atoms with Crippen LogP contribution < -0.4 is 16.2 Å². The van der Waals surface area contributed by atoms with Gasteiger partial charge in [-0.25, -0.2) is 0 Å². The zero-order valence-corrected chi connectivity index (χ0v) is 18.0. The monoisotopic (exact) mass is 415 g/mol. The number of fused-ring (bicyclic) bond motifs is 1. The van der Waals surface area contributed by atoms with Gasteiger partial charge in [0.1, 0.15) is 5.65 Å². The predicted molar refractivity (Wildman–Crippen MR) is 113 cm³/mol. The SMILES string of the molecule is C/C(=C\c1cnn2c(O)c(C(=O)NC3CC3)c(=O)n(CC(C)C)c12)C(=O)NC(C)C. The van der Waals surface area contributed by atoms with Crippen LogP contribution in [0.15, 0.2) is 16.6 Å². The Morgan fingerprint density at radius 3 is 2.53 bits per heavy atom. The van der Waals surface area contributed by atoms with E-state index in [9.17, 15) is 19.5 Å². The number of hydrogen-bond donors (Lipinski definition) is 3. The number of aromatic nitrogens is 3. The van der Waals surface area contributed by atoms with Gasteiger partial charge in [-0.15, -0.1) is 0 Å². The van der Waals surface area contributed by atoms with Gasteiger partial charge in [0.25, 0.3) is 11.5 Å². The lowest BCUT2D eigenvalue weighted by molar-refractivity contribution is -0.117. The number of carbonyl (C=O) groups is 2. The summed E-state index contributed by atoms with van der Waals surface area (Å²) in [6.45, 7) is 9.64. The molecule has 0 radical (unpaired) electrons. The van der Waals surface area contributed by atoms with Gasteiger partial charge in [-0.3, -0.25) is 19.0 Å². The molecule has 0 spiro atoms. The number of carbonyl (C=O) groups excluding carboxylic acids is 2. The molecule has 3 rings (SSSR count). The Balaban J connectivity index is 2.17. The molecule has 30 heavy (non-hydrogen) atoms. The van der Waals surface area contributed by atoms with Crippen molar-refractivity contribution in [1.82, 2.24) is 24.8 Å². The van der Waals surface area contributed by atoms with Crippen molar-refractivity contribution in [3.05, 3.63) is 33.3 Å². The third kappa shape index (κ3) is 4.39. The van der Waals surface area contributed by atoms with Crippen molar-refractivity contribution in [3.8, 4) is 5.88 Å². The standard InChI is InChI=1S/C21H29N5O4/c1-11(2)10-25-19-14(8-13(5)17(27)23-12(3)4)9-22-26(19)21(30)16(20(25)29)18(28)24-15-6-7-15/h8-9,11-12,15,30H,6-7,10H2,1-5H3,(H,23,27)(H,24,28)/b13-8+. The summed E-state index contributed by atoms with van der Waals surface area (Å²) in [5.74, 6) is -1.23. The van der Waals surface area contributed by atoms with Gasteiger partial charge in [0.2, 0.25) is 11.8 Å². The van der Waals surface area contributed by atoms with E-state index in [1.165, 1.54) is 15.3 Å². The van der Waals surface area contributed by atoms with Crippen LogP contribution in [0, 0.1) is 5.92 Å². The first-order valence-corrected chi connectivity index (χ1v) is 10.2. The smallest absolute Gasteiger partial charge is 0.270 e. The van der Waals surface area contributed by atoms with Gasteiger partial charge < -0.3 is 15.7 Å². The van der Waals surface area contributed by atoms with Gasteiger partial charge in [0.05, 0.1) is 6.20 Å². The summed E-state index contributed by atoms with van der Waals surface area (Å²) in [5.41, 5.74) is 0.394. The Bertz CT molecular complexity index is 1070. The zero-order valence-electron chi connectivity index (χ0n) is 18.0. The average Bonchev–Trinajstić information content (AvgIpc) is 3.35. The molecule has 0 aliphatic heterocycles. The molecule has 2 aromatic rings. The quantitative estimate of drug-likeness (QED) is 0.595. The molecule has 1 fully saturated rings. The molecule has 162 valence electrons. The highest BCUT2D eigenvalue weighted by molar-refractivity contribution is 5.99. The van der Waals surface area contributed by atoms with Crippen LogP contribution in [-0.2, 0) is 11.3 Å². The Morgan fingerprint density at radius 1 is 1.30 bits per heavy atom. The topological polar surface area (TPSA) is 118 Å². The fourth-order valence-corrected chi connectivity index (χ4v) is 3.21. The highest BCUT2D eigenvalue weighted by Crippen LogP contribution is 2.24. The van der Waals surface area contributed by atoms with E-state index in [2.05, 4.69) is 15.7 Å². The number of nitrogens with one attached hydrogen (secondary N) is 2. The van der Waals surface area contributed by atoms with Gasteiger partial charge in [0.15, 0.2) is 5.56 Å². The first-order chi connectivity index (χ1) is 14.1. The van der Waals surface area contributed by atoms with Crippen molar-refractivity contribution in [3.63, 3.8) is 0 Å². The minimum atomic E-state index is -0.598. The van der Waals surface area contributed by atoms with Crippen LogP contribution in [0.25, 0.3) is 11.7 Å². The third-order valence-electron chi connectivity index (χ3n) is 4.75. The molecule has 9 nitrogen and oxygen atoms in total. The van der Waals surface area contributed by atoms with Crippen LogP contribution in [0.1, 0.15) is 63.4 Å².